The lowest BCUT2D eigenvalue weighted by Gasteiger charge is -2.05. The van der Waals surface area contributed by atoms with Crippen LogP contribution in [-0.2, 0) is 0 Å². The molecule has 4 nitrogen and oxygen atoms in total. The molecule has 0 aromatic heterocycles. The Kier molecular flexibility index (Phi) is 4.85. The van der Waals surface area contributed by atoms with Gasteiger partial charge in [-0.05, 0) is 31.2 Å². The van der Waals surface area contributed by atoms with E-state index < -0.39 is 0 Å². The third-order valence-corrected chi connectivity index (χ3v) is 2.90. The van der Waals surface area contributed by atoms with Crippen molar-refractivity contribution in [2.45, 2.75) is 6.92 Å². The highest BCUT2D eigenvalue weighted by molar-refractivity contribution is 6.33. The van der Waals surface area contributed by atoms with E-state index in [0.29, 0.717) is 28.6 Å². The number of hydrogen-bond acceptors (Lipinski definition) is 4. The minimum absolute atomic E-state index is 0.112. The van der Waals surface area contributed by atoms with Gasteiger partial charge in [-0.25, -0.2) is 0 Å². The molecule has 0 spiro atoms. The Hall–Kier alpha value is -2.20. The Bertz CT molecular complexity index is 615. The number of benzene rings is 2. The Morgan fingerprint density at radius 1 is 1.30 bits per heavy atom. The maximum Gasteiger partial charge on any atom is 0.128 e. The van der Waals surface area contributed by atoms with Crippen LogP contribution in [0.5, 0.6) is 11.5 Å². The molecule has 0 atom stereocenters. The Morgan fingerprint density at radius 3 is 2.80 bits per heavy atom. The lowest BCUT2D eigenvalue weighted by atomic mass is 10.2. The summed E-state index contributed by atoms with van der Waals surface area (Å²) in [7, 11) is 0. The average molecular weight is 291 g/mol. The minimum atomic E-state index is 0.112. The molecule has 20 heavy (non-hydrogen) atoms. The van der Waals surface area contributed by atoms with Gasteiger partial charge in [-0.2, -0.15) is 5.10 Å². The molecule has 0 heterocycles. The van der Waals surface area contributed by atoms with Crippen molar-refractivity contribution >= 4 is 23.5 Å². The summed E-state index contributed by atoms with van der Waals surface area (Å²) in [5.41, 5.74) is 4.12. The molecular formula is C15H15ClN2O2. The van der Waals surface area contributed by atoms with Gasteiger partial charge in [-0.3, -0.25) is 5.43 Å². The molecule has 0 aliphatic rings. The lowest BCUT2D eigenvalue weighted by molar-refractivity contribution is 0.337. The van der Waals surface area contributed by atoms with Crippen molar-refractivity contribution in [2.24, 2.45) is 5.10 Å². The van der Waals surface area contributed by atoms with Gasteiger partial charge in [0.05, 0.1) is 23.5 Å². The lowest BCUT2D eigenvalue weighted by Crippen LogP contribution is -1.94. The summed E-state index contributed by atoms with van der Waals surface area (Å²) >= 11 is 5.99. The maximum absolute atomic E-state index is 9.84. The first-order valence-electron chi connectivity index (χ1n) is 6.20. The number of phenols is 1. The van der Waals surface area contributed by atoms with Gasteiger partial charge in [-0.1, -0.05) is 23.7 Å². The summed E-state index contributed by atoms with van der Waals surface area (Å²) in [4.78, 5) is 0. The van der Waals surface area contributed by atoms with E-state index in [1.165, 1.54) is 6.21 Å². The molecule has 5 heteroatoms. The SMILES string of the molecule is CCOc1ccc(C=NNc2ccccc2Cl)c(O)c1. The van der Waals surface area contributed by atoms with Crippen molar-refractivity contribution in [1.29, 1.82) is 0 Å². The average Bonchev–Trinajstić information content (AvgIpc) is 2.43. The van der Waals surface area contributed by atoms with E-state index in [1.807, 2.05) is 25.1 Å². The van der Waals surface area contributed by atoms with Gasteiger partial charge in [0.25, 0.3) is 0 Å². The van der Waals surface area contributed by atoms with Gasteiger partial charge < -0.3 is 9.84 Å². The molecule has 0 aliphatic carbocycles. The van der Waals surface area contributed by atoms with E-state index >= 15 is 0 Å². The van der Waals surface area contributed by atoms with Gasteiger partial charge in [0.15, 0.2) is 0 Å². The van der Waals surface area contributed by atoms with Gasteiger partial charge in [0.1, 0.15) is 11.5 Å². The van der Waals surface area contributed by atoms with Crippen LogP contribution in [-0.4, -0.2) is 17.9 Å². The second-order valence-corrected chi connectivity index (χ2v) is 4.41. The van der Waals surface area contributed by atoms with Gasteiger partial charge in [0, 0.05) is 11.6 Å². The molecule has 2 rings (SSSR count). The number of ether oxygens (including phenoxy) is 1. The zero-order valence-corrected chi connectivity index (χ0v) is 11.8. The zero-order chi connectivity index (χ0) is 14.4. The molecule has 0 fully saturated rings. The Labute approximate surface area is 122 Å². The summed E-state index contributed by atoms with van der Waals surface area (Å²) < 4.78 is 5.29. The smallest absolute Gasteiger partial charge is 0.128 e. The predicted octanol–water partition coefficient (Wildman–Crippen LogP) is 3.89. The van der Waals surface area contributed by atoms with Crippen LogP contribution in [0.2, 0.25) is 5.02 Å². The number of nitrogens with zero attached hydrogens (tertiary/aromatic N) is 1. The van der Waals surface area contributed by atoms with Crippen molar-refractivity contribution in [2.75, 3.05) is 12.0 Å². The number of hydrogen-bond donors (Lipinski definition) is 2. The minimum Gasteiger partial charge on any atom is -0.507 e. The van der Waals surface area contributed by atoms with Crippen LogP contribution in [0.4, 0.5) is 5.69 Å². The first-order valence-corrected chi connectivity index (χ1v) is 6.58. The van der Waals surface area contributed by atoms with Gasteiger partial charge >= 0.3 is 0 Å². The molecule has 0 unspecified atom stereocenters. The normalized spacial score (nSPS) is 10.7. The van der Waals surface area contributed by atoms with E-state index in [4.69, 9.17) is 16.3 Å². The number of hydrazone groups is 1. The van der Waals surface area contributed by atoms with Crippen LogP contribution in [0.25, 0.3) is 0 Å². The van der Waals surface area contributed by atoms with Crippen molar-refractivity contribution in [3.63, 3.8) is 0 Å². The van der Waals surface area contributed by atoms with Crippen LogP contribution in [0, 0.1) is 0 Å². The second kappa shape index (κ2) is 6.82. The summed E-state index contributed by atoms with van der Waals surface area (Å²) in [5, 5.41) is 14.5. The molecule has 104 valence electrons. The molecule has 0 radical (unpaired) electrons. The highest BCUT2D eigenvalue weighted by atomic mass is 35.5. The number of rotatable bonds is 5. The molecule has 2 aromatic rings. The maximum atomic E-state index is 9.84. The van der Waals surface area contributed by atoms with Crippen LogP contribution in [0.3, 0.4) is 0 Å². The molecular weight excluding hydrogens is 276 g/mol. The number of halogens is 1. The van der Waals surface area contributed by atoms with E-state index in [1.54, 1.807) is 24.3 Å². The molecule has 2 N–H and O–H groups in total. The third kappa shape index (κ3) is 3.65. The van der Waals surface area contributed by atoms with E-state index in [0.717, 1.165) is 0 Å². The van der Waals surface area contributed by atoms with Crippen LogP contribution >= 0.6 is 11.6 Å². The largest absolute Gasteiger partial charge is 0.507 e. The second-order valence-electron chi connectivity index (χ2n) is 4.00. The highest BCUT2D eigenvalue weighted by Crippen LogP contribution is 2.23. The summed E-state index contributed by atoms with van der Waals surface area (Å²) in [6, 6.07) is 12.4. The predicted molar refractivity (Wildman–Crippen MR) is 81.9 cm³/mol. The number of phenolic OH excluding ortho intramolecular Hbond substituents is 1. The molecule has 2 aromatic carbocycles. The molecule has 0 bridgehead atoms. The number of aromatic hydroxyl groups is 1. The number of nitrogens with one attached hydrogen (secondary N) is 1. The zero-order valence-electron chi connectivity index (χ0n) is 11.0. The van der Waals surface area contributed by atoms with E-state index in [2.05, 4.69) is 10.5 Å². The first kappa shape index (κ1) is 14.2. The standard InChI is InChI=1S/C15H15ClN2O2/c1-2-20-12-8-7-11(15(19)9-12)10-17-18-14-6-4-3-5-13(14)16/h3-10,18-19H,2H2,1H3. The van der Waals surface area contributed by atoms with E-state index in [-0.39, 0.29) is 5.75 Å². The molecule has 0 aliphatic heterocycles. The highest BCUT2D eigenvalue weighted by Gasteiger charge is 2.01. The first-order chi connectivity index (χ1) is 9.70. The van der Waals surface area contributed by atoms with Crippen molar-refractivity contribution in [1.82, 2.24) is 0 Å². The van der Waals surface area contributed by atoms with Crippen LogP contribution < -0.4 is 10.2 Å². The topological polar surface area (TPSA) is 53.8 Å². The number of anilines is 1. The summed E-state index contributed by atoms with van der Waals surface area (Å²) in [6.07, 6.45) is 1.52. The fraction of sp³-hybridized carbons (Fsp3) is 0.133. The van der Waals surface area contributed by atoms with Crippen molar-refractivity contribution in [3.8, 4) is 11.5 Å². The molecule has 0 saturated heterocycles. The van der Waals surface area contributed by atoms with Crippen LogP contribution in [0.1, 0.15) is 12.5 Å². The summed E-state index contributed by atoms with van der Waals surface area (Å²) in [5.74, 6) is 0.738. The number of para-hydroxylation sites is 1. The van der Waals surface area contributed by atoms with Crippen LogP contribution in [0.15, 0.2) is 47.6 Å². The fourth-order valence-electron chi connectivity index (χ4n) is 1.61. The monoisotopic (exact) mass is 290 g/mol. The van der Waals surface area contributed by atoms with E-state index in [9.17, 15) is 5.11 Å². The van der Waals surface area contributed by atoms with Crippen molar-refractivity contribution < 1.29 is 9.84 Å². The van der Waals surface area contributed by atoms with Gasteiger partial charge in [-0.15, -0.1) is 0 Å². The molecule has 0 saturated carbocycles. The molecule has 0 amide bonds. The quantitative estimate of drug-likeness (QED) is 0.649. The summed E-state index contributed by atoms with van der Waals surface area (Å²) in [6.45, 7) is 2.45. The van der Waals surface area contributed by atoms with Gasteiger partial charge in [0.2, 0.25) is 0 Å². The third-order valence-electron chi connectivity index (χ3n) is 2.58. The Morgan fingerprint density at radius 2 is 2.10 bits per heavy atom. The Balaban J connectivity index is 2.06. The fourth-order valence-corrected chi connectivity index (χ4v) is 1.79. The van der Waals surface area contributed by atoms with Crippen molar-refractivity contribution in [3.05, 3.63) is 53.1 Å².